The number of anilines is 1. The summed E-state index contributed by atoms with van der Waals surface area (Å²) in [7, 11) is -1.49. The van der Waals surface area contributed by atoms with E-state index < -0.39 is 15.6 Å². The van der Waals surface area contributed by atoms with E-state index in [4.69, 9.17) is 19.5 Å². The molecule has 0 saturated heterocycles. The molecule has 0 aliphatic heterocycles. The summed E-state index contributed by atoms with van der Waals surface area (Å²) in [5, 5.41) is 11.8. The summed E-state index contributed by atoms with van der Waals surface area (Å²) in [6.07, 6.45) is 2.83. The maximum atomic E-state index is 13.2. The third kappa shape index (κ3) is 5.07. The average Bonchev–Trinajstić information content (AvgIpc) is 2.76. The Morgan fingerprint density at radius 1 is 1.25 bits per heavy atom. The molecule has 32 heavy (non-hydrogen) atoms. The normalized spacial score (nSPS) is 12.3. The van der Waals surface area contributed by atoms with Crippen LogP contribution in [0.5, 0.6) is 17.4 Å². The Balaban J connectivity index is 2.00. The van der Waals surface area contributed by atoms with Crippen LogP contribution in [0.3, 0.4) is 0 Å². The summed E-state index contributed by atoms with van der Waals surface area (Å²) in [4.78, 5) is 17.7. The van der Waals surface area contributed by atoms with Gasteiger partial charge in [0.25, 0.3) is 5.91 Å². The maximum absolute atomic E-state index is 13.2. The number of nitrogens with one attached hydrogen (secondary N) is 2. The van der Waals surface area contributed by atoms with E-state index >= 15 is 0 Å². The molecule has 164 valence electrons. The quantitative estimate of drug-likeness (QED) is 0.470. The van der Waals surface area contributed by atoms with Crippen LogP contribution in [-0.2, 0) is 9.73 Å². The van der Waals surface area contributed by atoms with E-state index in [0.29, 0.717) is 31.9 Å². The lowest BCUT2D eigenvalue weighted by Gasteiger charge is -2.15. The first kappa shape index (κ1) is 23.2. The molecule has 3 rings (SSSR count). The Morgan fingerprint density at radius 3 is 2.66 bits per heavy atom. The predicted molar refractivity (Wildman–Crippen MR) is 124 cm³/mol. The van der Waals surface area contributed by atoms with Gasteiger partial charge in [0.05, 0.1) is 28.5 Å². The van der Waals surface area contributed by atoms with Crippen molar-refractivity contribution in [3.05, 3.63) is 69.8 Å². The van der Waals surface area contributed by atoms with Gasteiger partial charge in [-0.25, -0.2) is 14.0 Å². The molecule has 0 radical (unpaired) electrons. The van der Waals surface area contributed by atoms with E-state index in [-0.39, 0.29) is 17.2 Å². The third-order valence-electron chi connectivity index (χ3n) is 4.51. The van der Waals surface area contributed by atoms with Gasteiger partial charge in [-0.1, -0.05) is 6.07 Å². The smallest absolute Gasteiger partial charge is 0.261 e. The van der Waals surface area contributed by atoms with Gasteiger partial charge in [0.15, 0.2) is 11.5 Å². The molecule has 8 nitrogen and oxygen atoms in total. The van der Waals surface area contributed by atoms with Gasteiger partial charge in [-0.05, 0) is 58.7 Å². The molecule has 0 spiro atoms. The molecule has 1 amide bonds. The molecule has 3 aromatic rings. The van der Waals surface area contributed by atoms with E-state index in [1.807, 2.05) is 6.07 Å². The van der Waals surface area contributed by atoms with Crippen LogP contribution in [0, 0.1) is 23.0 Å². The van der Waals surface area contributed by atoms with Gasteiger partial charge in [0, 0.05) is 33.6 Å². The Hall–Kier alpha value is -3.42. The number of ether oxygens (including phenoxy) is 2. The molecule has 2 N–H and O–H groups in total. The summed E-state index contributed by atoms with van der Waals surface area (Å²) >= 11 is 3.38. The minimum atomic E-state index is -2.94. The van der Waals surface area contributed by atoms with Crippen LogP contribution in [0.25, 0.3) is 0 Å². The van der Waals surface area contributed by atoms with Crippen LogP contribution in [0.2, 0.25) is 0 Å². The molecular weight excluding hydrogens is 496 g/mol. The SMILES string of the molecule is COc1cc(C#N)ccc1Oc1ncc(Br)c(C)c1C(=O)Nc1cccc([S@](C)(=N)=O)c1. The van der Waals surface area contributed by atoms with Crippen LogP contribution >= 0.6 is 15.9 Å². The van der Waals surface area contributed by atoms with E-state index in [1.165, 1.54) is 31.7 Å². The highest BCUT2D eigenvalue weighted by Gasteiger charge is 2.21. The summed E-state index contributed by atoms with van der Waals surface area (Å²) < 4.78 is 31.6. The zero-order valence-electron chi connectivity index (χ0n) is 17.4. The topological polar surface area (TPSA) is 125 Å². The summed E-state index contributed by atoms with van der Waals surface area (Å²) in [5.41, 5.74) is 1.56. The second kappa shape index (κ2) is 9.38. The van der Waals surface area contributed by atoms with Crippen molar-refractivity contribution in [2.24, 2.45) is 0 Å². The second-order valence-electron chi connectivity index (χ2n) is 6.82. The number of methoxy groups -OCH3 is 1. The lowest BCUT2D eigenvalue weighted by atomic mass is 10.1. The minimum Gasteiger partial charge on any atom is -0.493 e. The third-order valence-corrected chi connectivity index (χ3v) is 6.46. The van der Waals surface area contributed by atoms with Crippen LogP contribution in [-0.4, -0.2) is 28.5 Å². The number of benzene rings is 2. The van der Waals surface area contributed by atoms with Crippen molar-refractivity contribution in [1.82, 2.24) is 4.98 Å². The van der Waals surface area contributed by atoms with Gasteiger partial charge in [-0.15, -0.1) is 0 Å². The number of carbonyl (C=O) groups excluding carboxylic acids is 1. The fourth-order valence-electron chi connectivity index (χ4n) is 2.84. The number of hydrogen-bond donors (Lipinski definition) is 2. The fraction of sp³-hybridized carbons (Fsp3) is 0.136. The largest absolute Gasteiger partial charge is 0.493 e. The van der Waals surface area contributed by atoms with Crippen molar-refractivity contribution in [2.75, 3.05) is 18.7 Å². The number of nitrogens with zero attached hydrogens (tertiary/aromatic N) is 2. The molecule has 1 aromatic heterocycles. The number of nitriles is 1. The first-order valence-electron chi connectivity index (χ1n) is 9.20. The number of amides is 1. The van der Waals surface area contributed by atoms with Gasteiger partial charge < -0.3 is 14.8 Å². The molecule has 0 aliphatic rings. The number of carbonyl (C=O) groups is 1. The lowest BCUT2D eigenvalue weighted by molar-refractivity contribution is 0.102. The highest BCUT2D eigenvalue weighted by molar-refractivity contribution is 9.10. The monoisotopic (exact) mass is 514 g/mol. The predicted octanol–water partition coefficient (Wildman–Crippen LogP) is 5.11. The molecule has 2 aromatic carbocycles. The molecule has 0 aliphatic carbocycles. The van der Waals surface area contributed by atoms with Gasteiger partial charge in [0.1, 0.15) is 5.56 Å². The van der Waals surface area contributed by atoms with Crippen molar-refractivity contribution in [2.45, 2.75) is 11.8 Å². The molecular formula is C22H19BrN4O4S. The zero-order valence-corrected chi connectivity index (χ0v) is 19.8. The number of pyridine rings is 1. The van der Waals surface area contributed by atoms with E-state index in [0.717, 1.165) is 0 Å². The van der Waals surface area contributed by atoms with Crippen LogP contribution in [0.4, 0.5) is 5.69 Å². The molecule has 0 saturated carbocycles. The average molecular weight is 515 g/mol. The number of aromatic nitrogens is 1. The zero-order chi connectivity index (χ0) is 23.5. The Morgan fingerprint density at radius 2 is 2.00 bits per heavy atom. The molecule has 10 heteroatoms. The first-order valence-corrected chi connectivity index (χ1v) is 12.0. The Bertz CT molecular complexity index is 1350. The molecule has 0 fully saturated rings. The van der Waals surface area contributed by atoms with E-state index in [2.05, 4.69) is 26.2 Å². The number of hydrogen-bond acceptors (Lipinski definition) is 7. The first-order chi connectivity index (χ1) is 15.1. The molecule has 1 atom stereocenters. The summed E-state index contributed by atoms with van der Waals surface area (Å²) in [6.45, 7) is 1.74. The molecule has 0 bridgehead atoms. The summed E-state index contributed by atoms with van der Waals surface area (Å²) in [6, 6.07) is 13.0. The van der Waals surface area contributed by atoms with Crippen LogP contribution in [0.15, 0.2) is 58.0 Å². The van der Waals surface area contributed by atoms with Crippen molar-refractivity contribution in [1.29, 1.82) is 10.0 Å². The van der Waals surface area contributed by atoms with Crippen molar-refractivity contribution in [3.8, 4) is 23.4 Å². The Labute approximate surface area is 194 Å². The van der Waals surface area contributed by atoms with E-state index in [9.17, 15) is 9.00 Å². The van der Waals surface area contributed by atoms with Gasteiger partial charge >= 0.3 is 0 Å². The molecule has 1 heterocycles. The van der Waals surface area contributed by atoms with E-state index in [1.54, 1.807) is 37.3 Å². The summed E-state index contributed by atoms with van der Waals surface area (Å²) in [5.74, 6) is 0.154. The van der Waals surface area contributed by atoms with Crippen molar-refractivity contribution < 1.29 is 18.5 Å². The van der Waals surface area contributed by atoms with Crippen LogP contribution < -0.4 is 14.8 Å². The minimum absolute atomic E-state index is 0.0436. The fourth-order valence-corrected chi connectivity index (χ4v) is 3.83. The standard InChI is InChI=1S/C22H19BrN4O4S/c1-13-17(23)12-26-22(31-18-8-7-14(11-24)9-19(18)30-2)20(13)21(28)27-15-5-4-6-16(10-15)32(3,25)29/h4-10,12,25H,1-3H3,(H,27,28)/t32-/m1/s1. The van der Waals surface area contributed by atoms with Crippen LogP contribution in [0.1, 0.15) is 21.5 Å². The Kier molecular flexibility index (Phi) is 6.81. The second-order valence-corrected chi connectivity index (χ2v) is 9.83. The number of rotatable bonds is 6. The van der Waals surface area contributed by atoms with Gasteiger partial charge in [-0.3, -0.25) is 4.79 Å². The lowest BCUT2D eigenvalue weighted by Crippen LogP contribution is -2.16. The van der Waals surface area contributed by atoms with Gasteiger partial charge in [0.2, 0.25) is 5.88 Å². The molecule has 0 unspecified atom stereocenters. The van der Waals surface area contributed by atoms with Crippen molar-refractivity contribution >= 4 is 37.3 Å². The number of halogens is 1. The van der Waals surface area contributed by atoms with Gasteiger partial charge in [-0.2, -0.15) is 5.26 Å². The highest BCUT2D eigenvalue weighted by Crippen LogP contribution is 2.35. The highest BCUT2D eigenvalue weighted by atomic mass is 79.9. The maximum Gasteiger partial charge on any atom is 0.261 e. The van der Waals surface area contributed by atoms with Crippen molar-refractivity contribution in [3.63, 3.8) is 0 Å².